The Kier molecular flexibility index (Phi) is 16.8. The van der Waals surface area contributed by atoms with Crippen molar-refractivity contribution in [1.29, 1.82) is 0 Å². The summed E-state index contributed by atoms with van der Waals surface area (Å²) in [5.41, 5.74) is 0. The molecule has 1 aliphatic heterocycles. The Balaban J connectivity index is 1.73. The third-order valence-electron chi connectivity index (χ3n) is 5.94. The van der Waals surface area contributed by atoms with Gasteiger partial charge in [-0.05, 0) is 6.42 Å². The van der Waals surface area contributed by atoms with Crippen molar-refractivity contribution in [3.8, 4) is 0 Å². The first-order chi connectivity index (χ1) is 12.9. The zero-order chi connectivity index (χ0) is 18.7. The molecule has 2 N–H and O–H groups in total. The molecule has 0 aliphatic carbocycles. The first-order valence-electron chi connectivity index (χ1n) is 12.0. The second kappa shape index (κ2) is 18.3. The van der Waals surface area contributed by atoms with E-state index in [0.29, 0.717) is 6.17 Å². The van der Waals surface area contributed by atoms with Crippen LogP contribution in [-0.2, 0) is 0 Å². The molecule has 0 saturated carbocycles. The molecule has 1 heterocycles. The van der Waals surface area contributed by atoms with E-state index in [4.69, 9.17) is 5.11 Å². The minimum atomic E-state index is 0.289. The van der Waals surface area contributed by atoms with Gasteiger partial charge in [-0.1, -0.05) is 110 Å². The number of nitrogens with zero attached hydrogens (tertiary/aromatic N) is 1. The molecular weight excluding hydrogens is 320 g/mol. The molecule has 1 atom stereocenters. The van der Waals surface area contributed by atoms with Crippen molar-refractivity contribution >= 4 is 0 Å². The van der Waals surface area contributed by atoms with Gasteiger partial charge in [0.15, 0.2) is 0 Å². The van der Waals surface area contributed by atoms with Crippen LogP contribution in [0.1, 0.15) is 116 Å². The van der Waals surface area contributed by atoms with Crippen LogP contribution in [0.4, 0.5) is 0 Å². The van der Waals surface area contributed by atoms with E-state index in [1.807, 2.05) is 0 Å². The number of β-amino-alcohol motifs (C(OH)–C–C–N with tert-alkyl or cyclic N) is 1. The molecule has 0 radical (unpaired) electrons. The van der Waals surface area contributed by atoms with Gasteiger partial charge in [-0.3, -0.25) is 4.90 Å². The summed E-state index contributed by atoms with van der Waals surface area (Å²) in [6.45, 7) is 5.60. The second-order valence-corrected chi connectivity index (χ2v) is 8.32. The van der Waals surface area contributed by atoms with Crippen molar-refractivity contribution in [2.75, 3.05) is 26.2 Å². The zero-order valence-corrected chi connectivity index (χ0v) is 17.8. The van der Waals surface area contributed by atoms with Crippen molar-refractivity contribution in [3.63, 3.8) is 0 Å². The summed E-state index contributed by atoms with van der Waals surface area (Å²) in [5, 5.41) is 12.6. The molecule has 0 aromatic rings. The molecule has 1 fully saturated rings. The van der Waals surface area contributed by atoms with Crippen LogP contribution in [0.5, 0.6) is 0 Å². The van der Waals surface area contributed by atoms with Crippen molar-refractivity contribution in [1.82, 2.24) is 10.2 Å². The smallest absolute Gasteiger partial charge is 0.0598 e. The SMILES string of the molecule is CCCCCCCCCCCCCCCCCCC1NCCN1CCO. The molecule has 3 heteroatoms. The molecule has 0 amide bonds. The fourth-order valence-corrected chi connectivity index (χ4v) is 4.23. The fraction of sp³-hybridized carbons (Fsp3) is 1.00. The van der Waals surface area contributed by atoms with Crippen LogP contribution in [0.2, 0.25) is 0 Å². The Hall–Kier alpha value is -0.120. The van der Waals surface area contributed by atoms with Crippen molar-refractivity contribution in [2.45, 2.75) is 122 Å². The van der Waals surface area contributed by atoms with Gasteiger partial charge in [-0.2, -0.15) is 0 Å². The molecule has 1 rings (SSSR count). The van der Waals surface area contributed by atoms with Crippen LogP contribution < -0.4 is 5.32 Å². The number of hydrogen-bond donors (Lipinski definition) is 2. The molecule has 3 nitrogen and oxygen atoms in total. The quantitative estimate of drug-likeness (QED) is 0.280. The Morgan fingerprint density at radius 2 is 1.19 bits per heavy atom. The third kappa shape index (κ3) is 13.1. The summed E-state index contributed by atoms with van der Waals surface area (Å²) in [6, 6.07) is 0. The van der Waals surface area contributed by atoms with E-state index >= 15 is 0 Å². The maximum absolute atomic E-state index is 9.09. The normalized spacial score (nSPS) is 18.0. The van der Waals surface area contributed by atoms with Crippen molar-refractivity contribution in [2.24, 2.45) is 0 Å². The van der Waals surface area contributed by atoms with E-state index in [1.54, 1.807) is 0 Å². The van der Waals surface area contributed by atoms with Gasteiger partial charge in [0.25, 0.3) is 0 Å². The Morgan fingerprint density at radius 3 is 1.65 bits per heavy atom. The van der Waals surface area contributed by atoms with Crippen LogP contribution in [0.15, 0.2) is 0 Å². The Labute approximate surface area is 164 Å². The number of aliphatic hydroxyl groups excluding tert-OH is 1. The van der Waals surface area contributed by atoms with Crippen LogP contribution in [-0.4, -0.2) is 42.4 Å². The Morgan fingerprint density at radius 1 is 0.731 bits per heavy atom. The molecule has 0 aromatic heterocycles. The monoisotopic (exact) mass is 368 g/mol. The third-order valence-corrected chi connectivity index (χ3v) is 5.94. The summed E-state index contributed by atoms with van der Waals surface area (Å²) >= 11 is 0. The van der Waals surface area contributed by atoms with E-state index in [1.165, 1.54) is 109 Å². The van der Waals surface area contributed by atoms with Crippen molar-refractivity contribution < 1.29 is 5.11 Å². The lowest BCUT2D eigenvalue weighted by Crippen LogP contribution is -2.37. The Bertz CT molecular complexity index is 285. The number of unbranched alkanes of at least 4 members (excludes halogenated alkanes) is 15. The fourth-order valence-electron chi connectivity index (χ4n) is 4.23. The first kappa shape index (κ1) is 23.9. The number of hydrogen-bond acceptors (Lipinski definition) is 3. The van der Waals surface area contributed by atoms with E-state index in [2.05, 4.69) is 17.1 Å². The van der Waals surface area contributed by atoms with Gasteiger partial charge in [0.1, 0.15) is 0 Å². The van der Waals surface area contributed by atoms with Gasteiger partial charge >= 0.3 is 0 Å². The van der Waals surface area contributed by atoms with Gasteiger partial charge in [0.05, 0.1) is 12.8 Å². The molecule has 0 spiro atoms. The van der Waals surface area contributed by atoms with Gasteiger partial charge in [-0.25, -0.2) is 0 Å². The molecule has 0 aromatic carbocycles. The number of nitrogens with one attached hydrogen (secondary N) is 1. The summed E-state index contributed by atoms with van der Waals surface area (Å²) in [7, 11) is 0. The maximum Gasteiger partial charge on any atom is 0.0598 e. The number of aliphatic hydroxyl groups is 1. The predicted molar refractivity (Wildman–Crippen MR) is 115 cm³/mol. The molecule has 26 heavy (non-hydrogen) atoms. The second-order valence-electron chi connectivity index (χ2n) is 8.32. The molecule has 1 aliphatic rings. The number of rotatable bonds is 19. The highest BCUT2D eigenvalue weighted by Gasteiger charge is 2.22. The zero-order valence-electron chi connectivity index (χ0n) is 17.8. The largest absolute Gasteiger partial charge is 0.395 e. The van der Waals surface area contributed by atoms with Gasteiger partial charge in [0, 0.05) is 19.6 Å². The lowest BCUT2D eigenvalue weighted by atomic mass is 10.0. The average molecular weight is 369 g/mol. The summed E-state index contributed by atoms with van der Waals surface area (Å²) < 4.78 is 0. The summed E-state index contributed by atoms with van der Waals surface area (Å²) in [5.74, 6) is 0. The van der Waals surface area contributed by atoms with Gasteiger partial charge in [0.2, 0.25) is 0 Å². The summed E-state index contributed by atoms with van der Waals surface area (Å²) in [6.07, 6.45) is 24.7. The van der Waals surface area contributed by atoms with E-state index in [-0.39, 0.29) is 6.61 Å². The molecule has 1 saturated heterocycles. The van der Waals surface area contributed by atoms with Crippen LogP contribution in [0.3, 0.4) is 0 Å². The van der Waals surface area contributed by atoms with Gasteiger partial charge in [-0.15, -0.1) is 0 Å². The minimum absolute atomic E-state index is 0.289. The first-order valence-corrected chi connectivity index (χ1v) is 12.0. The highest BCUT2D eigenvalue weighted by Crippen LogP contribution is 2.15. The minimum Gasteiger partial charge on any atom is -0.395 e. The standard InChI is InChI=1S/C23H48N2O/c1-2-3-4-5-6-7-8-9-10-11-12-13-14-15-16-17-18-23-24-19-20-25(23)21-22-26/h23-24,26H,2-22H2,1H3. The van der Waals surface area contributed by atoms with Crippen molar-refractivity contribution in [3.05, 3.63) is 0 Å². The van der Waals surface area contributed by atoms with Crippen LogP contribution in [0, 0.1) is 0 Å². The van der Waals surface area contributed by atoms with Gasteiger partial charge < -0.3 is 10.4 Å². The molecule has 1 unspecified atom stereocenters. The highest BCUT2D eigenvalue weighted by atomic mass is 16.3. The lowest BCUT2D eigenvalue weighted by Gasteiger charge is -2.22. The van der Waals surface area contributed by atoms with Crippen LogP contribution in [0.25, 0.3) is 0 Å². The lowest BCUT2D eigenvalue weighted by molar-refractivity contribution is 0.171. The van der Waals surface area contributed by atoms with E-state index < -0.39 is 0 Å². The molecule has 0 bridgehead atoms. The summed E-state index contributed by atoms with van der Waals surface area (Å²) in [4.78, 5) is 2.39. The van der Waals surface area contributed by atoms with E-state index in [0.717, 1.165) is 19.6 Å². The maximum atomic E-state index is 9.09. The predicted octanol–water partition coefficient (Wildman–Crippen LogP) is 5.86. The molecular formula is C23H48N2O. The van der Waals surface area contributed by atoms with Crippen LogP contribution >= 0.6 is 0 Å². The topological polar surface area (TPSA) is 35.5 Å². The van der Waals surface area contributed by atoms with E-state index in [9.17, 15) is 0 Å². The molecule has 156 valence electrons. The average Bonchev–Trinajstić information content (AvgIpc) is 3.09. The highest BCUT2D eigenvalue weighted by molar-refractivity contribution is 4.77.